The molecule has 21 nitrogen and oxygen atoms in total. The standard InChI is InChI=1S/C10H16FN5O16P4/c11-10-14-7(12)4-8(15-10)16(2-13-4)9-6(18)5(17)3(29-9)1-28-34(22,23)31-36(26,27)32-35(24,25)30-33(19,20)21/h2-3,5-6,9,17-18H,1H2,(H,22,23)(H,24,25)(H,26,27)(H2,12,14,15)(H2,19,20,21)/t3-,5-,6+,9-/m0/s1. The van der Waals surface area contributed by atoms with Gasteiger partial charge in [-0.2, -0.15) is 27.3 Å². The average Bonchev–Trinajstić information content (AvgIpc) is 3.18. The molecular formula is C10H16FN5O16P4. The van der Waals surface area contributed by atoms with E-state index in [2.05, 4.69) is 32.4 Å². The number of aliphatic hydroxyl groups excluding tert-OH is 2. The number of ether oxygens (including phenoxy) is 1. The highest BCUT2D eigenvalue weighted by Crippen LogP contribution is 2.70. The number of aliphatic hydroxyl groups is 2. The van der Waals surface area contributed by atoms with Crippen LogP contribution in [0.15, 0.2) is 6.33 Å². The number of nitrogens with two attached hydrogens (primary N) is 1. The number of fused-ring (bicyclic) bond motifs is 1. The molecule has 0 aliphatic carbocycles. The van der Waals surface area contributed by atoms with E-state index in [1.54, 1.807) is 0 Å². The van der Waals surface area contributed by atoms with E-state index < -0.39 is 68.5 Å². The molecule has 36 heavy (non-hydrogen) atoms. The Labute approximate surface area is 197 Å². The van der Waals surface area contributed by atoms with Gasteiger partial charge in [0.15, 0.2) is 23.2 Å². The Kier molecular flexibility index (Phi) is 8.23. The number of imidazole rings is 1. The van der Waals surface area contributed by atoms with Crippen molar-refractivity contribution in [3.8, 4) is 0 Å². The molecule has 2 aromatic heterocycles. The third kappa shape index (κ3) is 7.18. The Hall–Kier alpha value is -1.28. The van der Waals surface area contributed by atoms with E-state index in [1.165, 1.54) is 0 Å². The number of nitrogen functional groups attached to an aromatic ring is 1. The second-order valence-corrected chi connectivity index (χ2v) is 12.7. The van der Waals surface area contributed by atoms with Crippen LogP contribution >= 0.6 is 31.3 Å². The first-order valence-electron chi connectivity index (χ1n) is 8.79. The summed E-state index contributed by atoms with van der Waals surface area (Å²) in [5, 5.41) is 20.5. The van der Waals surface area contributed by atoms with Crippen LogP contribution in [0.5, 0.6) is 0 Å². The zero-order chi connectivity index (χ0) is 27.3. The molecule has 1 fully saturated rings. The van der Waals surface area contributed by atoms with Crippen LogP contribution in [0.4, 0.5) is 10.2 Å². The van der Waals surface area contributed by atoms with Gasteiger partial charge in [0.1, 0.15) is 18.3 Å². The molecule has 7 atom stereocenters. The van der Waals surface area contributed by atoms with Crippen LogP contribution in [0.3, 0.4) is 0 Å². The summed E-state index contributed by atoms with van der Waals surface area (Å²) in [5.41, 5.74) is 5.19. The lowest BCUT2D eigenvalue weighted by Crippen LogP contribution is -2.33. The van der Waals surface area contributed by atoms with E-state index in [0.29, 0.717) is 0 Å². The molecule has 2 aromatic rings. The topological polar surface area (TPSA) is 326 Å². The van der Waals surface area contributed by atoms with Gasteiger partial charge in [-0.3, -0.25) is 9.09 Å². The predicted octanol–water partition coefficient (Wildman–Crippen LogP) is -1.37. The van der Waals surface area contributed by atoms with Crippen LogP contribution in [0.2, 0.25) is 0 Å². The highest BCUT2D eigenvalue weighted by Gasteiger charge is 2.48. The van der Waals surface area contributed by atoms with Crippen molar-refractivity contribution >= 4 is 48.3 Å². The number of hydrogen-bond acceptors (Lipinski definition) is 15. The van der Waals surface area contributed by atoms with Crippen molar-refractivity contribution in [1.29, 1.82) is 0 Å². The molecular weight excluding hydrogens is 589 g/mol. The molecule has 3 unspecified atom stereocenters. The molecule has 3 heterocycles. The summed E-state index contributed by atoms with van der Waals surface area (Å²) >= 11 is 0. The zero-order valence-electron chi connectivity index (χ0n) is 16.9. The van der Waals surface area contributed by atoms with Crippen molar-refractivity contribution in [3.63, 3.8) is 0 Å². The normalized spacial score (nSPS) is 28.0. The quantitative estimate of drug-likeness (QED) is 0.114. The van der Waals surface area contributed by atoms with E-state index >= 15 is 0 Å². The van der Waals surface area contributed by atoms with Crippen molar-refractivity contribution in [2.24, 2.45) is 0 Å². The van der Waals surface area contributed by atoms with Crippen molar-refractivity contribution in [2.75, 3.05) is 12.3 Å². The molecule has 0 radical (unpaired) electrons. The maximum Gasteiger partial charge on any atom is 0.490 e. The lowest BCUT2D eigenvalue weighted by molar-refractivity contribution is -0.0503. The average molecular weight is 605 g/mol. The van der Waals surface area contributed by atoms with Gasteiger partial charge in [0.05, 0.1) is 12.9 Å². The Morgan fingerprint density at radius 1 is 0.972 bits per heavy atom. The molecule has 204 valence electrons. The Morgan fingerprint density at radius 2 is 1.56 bits per heavy atom. The zero-order valence-corrected chi connectivity index (χ0v) is 20.5. The highest BCUT2D eigenvalue weighted by atomic mass is 31.3. The van der Waals surface area contributed by atoms with Gasteiger partial charge < -0.3 is 45.2 Å². The maximum atomic E-state index is 13.5. The Balaban J connectivity index is 1.68. The van der Waals surface area contributed by atoms with E-state index in [9.17, 15) is 42.7 Å². The van der Waals surface area contributed by atoms with Crippen LogP contribution < -0.4 is 5.73 Å². The number of phosphoric acid groups is 4. The van der Waals surface area contributed by atoms with Gasteiger partial charge in [-0.15, -0.1) is 0 Å². The van der Waals surface area contributed by atoms with Crippen molar-refractivity contribution in [1.82, 2.24) is 19.5 Å². The van der Waals surface area contributed by atoms with Crippen molar-refractivity contribution in [2.45, 2.75) is 24.5 Å². The predicted molar refractivity (Wildman–Crippen MR) is 106 cm³/mol. The summed E-state index contributed by atoms with van der Waals surface area (Å²) < 4.78 is 80.1. The number of rotatable bonds is 10. The summed E-state index contributed by atoms with van der Waals surface area (Å²) in [6, 6.07) is 0. The molecule has 3 rings (SSSR count). The molecule has 0 spiro atoms. The molecule has 1 aliphatic heterocycles. The highest BCUT2D eigenvalue weighted by molar-refractivity contribution is 7.69. The Bertz CT molecular complexity index is 1330. The molecule has 0 bridgehead atoms. The Morgan fingerprint density at radius 3 is 2.17 bits per heavy atom. The van der Waals surface area contributed by atoms with Gasteiger partial charge in [0, 0.05) is 0 Å². The van der Waals surface area contributed by atoms with Crippen molar-refractivity contribution in [3.05, 3.63) is 12.4 Å². The van der Waals surface area contributed by atoms with Crippen LogP contribution in [0.25, 0.3) is 11.2 Å². The van der Waals surface area contributed by atoms with Crippen LogP contribution in [-0.2, 0) is 40.5 Å². The first-order valence-corrected chi connectivity index (χ1v) is 14.8. The van der Waals surface area contributed by atoms with Crippen LogP contribution in [-0.4, -0.2) is 79.1 Å². The summed E-state index contributed by atoms with van der Waals surface area (Å²) in [5.74, 6) is -0.350. The van der Waals surface area contributed by atoms with Gasteiger partial charge in [-0.05, 0) is 0 Å². The van der Waals surface area contributed by atoms with E-state index in [1.807, 2.05) is 0 Å². The minimum atomic E-state index is -6.05. The molecule has 1 aliphatic rings. The van der Waals surface area contributed by atoms with Gasteiger partial charge in [-0.25, -0.2) is 23.2 Å². The van der Waals surface area contributed by atoms with Gasteiger partial charge >= 0.3 is 37.4 Å². The molecule has 26 heteroatoms. The second kappa shape index (κ2) is 10.1. The van der Waals surface area contributed by atoms with Gasteiger partial charge in [0.25, 0.3) is 0 Å². The first-order chi connectivity index (χ1) is 16.3. The summed E-state index contributed by atoms with van der Waals surface area (Å²) in [6.07, 6.45) is -7.04. The maximum absolute atomic E-state index is 13.5. The smallest absolute Gasteiger partial charge is 0.387 e. The number of hydrogen-bond donors (Lipinski definition) is 8. The molecule has 0 aromatic carbocycles. The minimum absolute atomic E-state index is 0.0859. The summed E-state index contributed by atoms with van der Waals surface area (Å²) in [7, 11) is -23.4. The lowest BCUT2D eigenvalue weighted by Gasteiger charge is -2.20. The number of anilines is 1. The van der Waals surface area contributed by atoms with Gasteiger partial charge in [0.2, 0.25) is 0 Å². The molecule has 0 saturated carbocycles. The molecule has 1 saturated heterocycles. The fraction of sp³-hybridized carbons (Fsp3) is 0.500. The number of nitrogens with zero attached hydrogens (tertiary/aromatic N) is 4. The minimum Gasteiger partial charge on any atom is -0.387 e. The van der Waals surface area contributed by atoms with Gasteiger partial charge in [-0.1, -0.05) is 0 Å². The summed E-state index contributed by atoms with van der Waals surface area (Å²) in [4.78, 5) is 55.4. The third-order valence-electron chi connectivity index (χ3n) is 4.06. The number of halogens is 1. The van der Waals surface area contributed by atoms with Crippen LogP contribution in [0.1, 0.15) is 6.23 Å². The lowest BCUT2D eigenvalue weighted by atomic mass is 10.1. The van der Waals surface area contributed by atoms with E-state index in [4.69, 9.17) is 25.2 Å². The van der Waals surface area contributed by atoms with Crippen molar-refractivity contribution < 1.29 is 79.5 Å². The SMILES string of the molecule is Nc1nc(F)nc2c1ncn2[C@H]1O[C@@H](COP(=O)(O)OP(=O)(O)OP(=O)(O)OP(=O)(O)O)[C@H](O)[C@H]1O. The summed E-state index contributed by atoms with van der Waals surface area (Å²) in [6.45, 7) is -1.13. The number of phosphoric ester groups is 1. The van der Waals surface area contributed by atoms with E-state index in [0.717, 1.165) is 10.9 Å². The third-order valence-corrected chi connectivity index (χ3v) is 9.51. The van der Waals surface area contributed by atoms with E-state index in [-0.39, 0.29) is 17.0 Å². The fourth-order valence-corrected chi connectivity index (χ4v) is 7.27. The monoisotopic (exact) mass is 605 g/mol. The molecule has 0 amide bonds. The fourth-order valence-electron chi connectivity index (χ4n) is 2.81. The number of aromatic nitrogens is 4. The first kappa shape index (κ1) is 29.3. The van der Waals surface area contributed by atoms with Crippen LogP contribution in [0, 0.1) is 6.08 Å². The largest absolute Gasteiger partial charge is 0.490 e. The molecule has 9 N–H and O–H groups in total. The second-order valence-electron chi connectivity index (χ2n) is 6.69.